The third kappa shape index (κ3) is 1.77. The predicted molar refractivity (Wildman–Crippen MR) is 44.3 cm³/mol. The molecule has 1 heterocycles. The van der Waals surface area contributed by atoms with Crippen molar-refractivity contribution in [2.75, 3.05) is 0 Å². The Bertz CT molecular complexity index is 245. The Hall–Kier alpha value is -0.890. The van der Waals surface area contributed by atoms with E-state index in [9.17, 15) is 0 Å². The SMILES string of the molecule is CCc1cnc(C)c(CO)c1. The lowest BCUT2D eigenvalue weighted by Gasteiger charge is -2.02. The number of aromatic nitrogens is 1. The Kier molecular flexibility index (Phi) is 2.60. The monoisotopic (exact) mass is 151 g/mol. The van der Waals surface area contributed by atoms with Crippen LogP contribution in [0.1, 0.15) is 23.7 Å². The molecule has 0 saturated heterocycles. The first-order valence-electron chi connectivity index (χ1n) is 3.83. The second-order valence-corrected chi connectivity index (χ2v) is 2.60. The van der Waals surface area contributed by atoms with Crippen LogP contribution in [0.5, 0.6) is 0 Å². The molecule has 2 heteroatoms. The van der Waals surface area contributed by atoms with Gasteiger partial charge in [0.2, 0.25) is 0 Å². The lowest BCUT2D eigenvalue weighted by atomic mass is 10.1. The summed E-state index contributed by atoms with van der Waals surface area (Å²) >= 11 is 0. The molecule has 1 aromatic rings. The van der Waals surface area contributed by atoms with Gasteiger partial charge < -0.3 is 5.11 Å². The maximum atomic E-state index is 8.90. The quantitative estimate of drug-likeness (QED) is 0.693. The van der Waals surface area contributed by atoms with E-state index < -0.39 is 0 Å². The van der Waals surface area contributed by atoms with Crippen molar-refractivity contribution in [3.8, 4) is 0 Å². The molecule has 0 atom stereocenters. The molecule has 0 saturated carbocycles. The van der Waals surface area contributed by atoms with Gasteiger partial charge in [-0.25, -0.2) is 0 Å². The number of rotatable bonds is 2. The third-order valence-corrected chi connectivity index (χ3v) is 1.83. The Morgan fingerprint density at radius 3 is 2.82 bits per heavy atom. The van der Waals surface area contributed by atoms with Gasteiger partial charge in [-0.15, -0.1) is 0 Å². The number of aliphatic hydroxyl groups excluding tert-OH is 1. The highest BCUT2D eigenvalue weighted by atomic mass is 16.3. The number of aliphatic hydroxyl groups is 1. The standard InChI is InChI=1S/C9H13NO/c1-3-8-4-9(6-11)7(2)10-5-8/h4-5,11H,3,6H2,1-2H3. The van der Waals surface area contributed by atoms with E-state index in [0.717, 1.165) is 17.7 Å². The van der Waals surface area contributed by atoms with Gasteiger partial charge in [-0.3, -0.25) is 4.98 Å². The van der Waals surface area contributed by atoms with Crippen LogP contribution in [0, 0.1) is 6.92 Å². The Morgan fingerprint density at radius 2 is 2.27 bits per heavy atom. The van der Waals surface area contributed by atoms with Crippen LogP contribution in [0.2, 0.25) is 0 Å². The minimum atomic E-state index is 0.0900. The summed E-state index contributed by atoms with van der Waals surface area (Å²) in [6.45, 7) is 4.07. The van der Waals surface area contributed by atoms with Gasteiger partial charge in [0.25, 0.3) is 0 Å². The van der Waals surface area contributed by atoms with Crippen LogP contribution in [0.15, 0.2) is 12.3 Å². The minimum absolute atomic E-state index is 0.0900. The molecule has 0 aliphatic rings. The molecule has 1 N–H and O–H groups in total. The molecule has 0 amide bonds. The molecule has 60 valence electrons. The zero-order valence-corrected chi connectivity index (χ0v) is 6.96. The second-order valence-electron chi connectivity index (χ2n) is 2.60. The van der Waals surface area contributed by atoms with Crippen molar-refractivity contribution < 1.29 is 5.11 Å². The van der Waals surface area contributed by atoms with Crippen molar-refractivity contribution in [1.82, 2.24) is 4.98 Å². The maximum absolute atomic E-state index is 8.90. The highest BCUT2D eigenvalue weighted by molar-refractivity contribution is 5.23. The molecule has 0 aliphatic heterocycles. The fraction of sp³-hybridized carbons (Fsp3) is 0.444. The van der Waals surface area contributed by atoms with E-state index in [-0.39, 0.29) is 6.61 Å². The molecule has 0 fully saturated rings. The van der Waals surface area contributed by atoms with Crippen LogP contribution in [0.4, 0.5) is 0 Å². The number of nitrogens with zero attached hydrogens (tertiary/aromatic N) is 1. The smallest absolute Gasteiger partial charge is 0.0699 e. The molecule has 1 rings (SSSR count). The number of hydrogen-bond acceptors (Lipinski definition) is 2. The van der Waals surface area contributed by atoms with E-state index in [2.05, 4.69) is 11.9 Å². The van der Waals surface area contributed by atoms with Crippen molar-refractivity contribution in [1.29, 1.82) is 0 Å². The van der Waals surface area contributed by atoms with Crippen LogP contribution in [-0.2, 0) is 13.0 Å². The van der Waals surface area contributed by atoms with Gasteiger partial charge in [0, 0.05) is 11.9 Å². The zero-order valence-electron chi connectivity index (χ0n) is 6.96. The molecule has 0 aromatic carbocycles. The maximum Gasteiger partial charge on any atom is 0.0699 e. The Balaban J connectivity index is 3.02. The number of pyridine rings is 1. The van der Waals surface area contributed by atoms with E-state index in [1.807, 2.05) is 19.2 Å². The molecule has 0 unspecified atom stereocenters. The Morgan fingerprint density at radius 1 is 1.55 bits per heavy atom. The van der Waals surface area contributed by atoms with Crippen LogP contribution >= 0.6 is 0 Å². The van der Waals surface area contributed by atoms with Crippen LogP contribution < -0.4 is 0 Å². The van der Waals surface area contributed by atoms with Crippen LogP contribution in [-0.4, -0.2) is 10.1 Å². The number of aryl methyl sites for hydroxylation is 2. The highest BCUT2D eigenvalue weighted by Gasteiger charge is 1.98. The summed E-state index contributed by atoms with van der Waals surface area (Å²) in [6, 6.07) is 2.00. The summed E-state index contributed by atoms with van der Waals surface area (Å²) in [4.78, 5) is 4.16. The summed E-state index contributed by atoms with van der Waals surface area (Å²) in [5.74, 6) is 0. The zero-order chi connectivity index (χ0) is 8.27. The van der Waals surface area contributed by atoms with Gasteiger partial charge in [0.15, 0.2) is 0 Å². The van der Waals surface area contributed by atoms with Gasteiger partial charge in [-0.2, -0.15) is 0 Å². The van der Waals surface area contributed by atoms with Crippen molar-refractivity contribution in [2.24, 2.45) is 0 Å². The predicted octanol–water partition coefficient (Wildman–Crippen LogP) is 1.44. The summed E-state index contributed by atoms with van der Waals surface area (Å²) in [5, 5.41) is 8.90. The fourth-order valence-corrected chi connectivity index (χ4v) is 0.982. The first kappa shape index (κ1) is 8.21. The highest BCUT2D eigenvalue weighted by Crippen LogP contribution is 2.07. The van der Waals surface area contributed by atoms with Gasteiger partial charge in [-0.05, 0) is 24.5 Å². The van der Waals surface area contributed by atoms with Crippen molar-refractivity contribution in [2.45, 2.75) is 26.9 Å². The number of hydrogen-bond donors (Lipinski definition) is 1. The molecular weight excluding hydrogens is 138 g/mol. The van der Waals surface area contributed by atoms with E-state index in [0.29, 0.717) is 0 Å². The lowest BCUT2D eigenvalue weighted by molar-refractivity contribution is 0.280. The lowest BCUT2D eigenvalue weighted by Crippen LogP contribution is -1.94. The summed E-state index contributed by atoms with van der Waals surface area (Å²) < 4.78 is 0. The average molecular weight is 151 g/mol. The van der Waals surface area contributed by atoms with E-state index in [1.165, 1.54) is 5.56 Å². The fourth-order valence-electron chi connectivity index (χ4n) is 0.982. The van der Waals surface area contributed by atoms with Gasteiger partial charge in [0.1, 0.15) is 0 Å². The van der Waals surface area contributed by atoms with Crippen LogP contribution in [0.3, 0.4) is 0 Å². The van der Waals surface area contributed by atoms with Gasteiger partial charge in [-0.1, -0.05) is 13.0 Å². The minimum Gasteiger partial charge on any atom is -0.392 e. The molecule has 0 aliphatic carbocycles. The van der Waals surface area contributed by atoms with Crippen molar-refractivity contribution in [3.63, 3.8) is 0 Å². The van der Waals surface area contributed by atoms with Crippen LogP contribution in [0.25, 0.3) is 0 Å². The summed E-state index contributed by atoms with van der Waals surface area (Å²) in [5.41, 5.74) is 3.04. The molecule has 0 radical (unpaired) electrons. The average Bonchev–Trinajstić information content (AvgIpc) is 2.05. The molecule has 0 bridgehead atoms. The Labute approximate surface area is 66.9 Å². The van der Waals surface area contributed by atoms with Crippen molar-refractivity contribution >= 4 is 0 Å². The molecular formula is C9H13NO. The summed E-state index contributed by atoms with van der Waals surface area (Å²) in [6.07, 6.45) is 2.83. The molecule has 11 heavy (non-hydrogen) atoms. The topological polar surface area (TPSA) is 33.1 Å². The van der Waals surface area contributed by atoms with E-state index in [4.69, 9.17) is 5.11 Å². The first-order valence-corrected chi connectivity index (χ1v) is 3.83. The van der Waals surface area contributed by atoms with E-state index >= 15 is 0 Å². The molecule has 0 spiro atoms. The normalized spacial score (nSPS) is 10.1. The summed E-state index contributed by atoms with van der Waals surface area (Å²) in [7, 11) is 0. The van der Waals surface area contributed by atoms with Crippen molar-refractivity contribution in [3.05, 3.63) is 29.1 Å². The first-order chi connectivity index (χ1) is 5.27. The molecule has 1 aromatic heterocycles. The third-order valence-electron chi connectivity index (χ3n) is 1.83. The van der Waals surface area contributed by atoms with Gasteiger partial charge in [0.05, 0.1) is 6.61 Å². The molecule has 2 nitrogen and oxygen atoms in total. The second kappa shape index (κ2) is 3.49. The largest absolute Gasteiger partial charge is 0.392 e. The van der Waals surface area contributed by atoms with Gasteiger partial charge >= 0.3 is 0 Å². The van der Waals surface area contributed by atoms with E-state index in [1.54, 1.807) is 0 Å².